The molecule has 3 heterocycles. The second-order valence-electron chi connectivity index (χ2n) is 7.69. The van der Waals surface area contributed by atoms with Crippen LogP contribution in [0.5, 0.6) is 0 Å². The van der Waals surface area contributed by atoms with E-state index < -0.39 is 0 Å². The van der Waals surface area contributed by atoms with Gasteiger partial charge in [0.25, 0.3) is 0 Å². The fraction of sp³-hybridized carbons (Fsp3) is 0.737. The highest BCUT2D eigenvalue weighted by molar-refractivity contribution is 7.11. The number of piperidine rings is 1. The van der Waals surface area contributed by atoms with Crippen LogP contribution in [0.3, 0.4) is 0 Å². The van der Waals surface area contributed by atoms with E-state index in [0.717, 1.165) is 51.5 Å². The van der Waals surface area contributed by atoms with E-state index in [-0.39, 0.29) is 17.9 Å². The number of ether oxygens (including phenoxy) is 1. The minimum atomic E-state index is 0.135. The number of fused-ring (bicyclic) bond motifs is 1. The summed E-state index contributed by atoms with van der Waals surface area (Å²) >= 11 is 1.88. The van der Waals surface area contributed by atoms with Crippen molar-refractivity contribution in [3.05, 3.63) is 21.9 Å². The first kappa shape index (κ1) is 16.6. The van der Waals surface area contributed by atoms with E-state index in [1.165, 1.54) is 22.6 Å². The number of hydrogen-bond acceptors (Lipinski definition) is 4. The van der Waals surface area contributed by atoms with Gasteiger partial charge in [-0.2, -0.15) is 0 Å². The van der Waals surface area contributed by atoms with Gasteiger partial charge in [0.15, 0.2) is 0 Å². The molecule has 1 amide bonds. The van der Waals surface area contributed by atoms with Crippen LogP contribution in [0.15, 0.2) is 12.1 Å². The minimum absolute atomic E-state index is 0.135. The maximum absolute atomic E-state index is 12.7. The molecule has 1 aliphatic carbocycles. The number of carbonyl (C=O) groups excluding carboxylic acids is 1. The van der Waals surface area contributed by atoms with Crippen molar-refractivity contribution in [2.24, 2.45) is 17.8 Å². The summed E-state index contributed by atoms with van der Waals surface area (Å²) in [6.07, 6.45) is 4.78. The first-order valence-electron chi connectivity index (χ1n) is 9.36. The Morgan fingerprint density at radius 3 is 2.96 bits per heavy atom. The van der Waals surface area contributed by atoms with E-state index in [2.05, 4.69) is 29.3 Å². The standard InChI is InChI=1S/C19H28N2O2S/c1-13-2-5-15(24-13)11-21-8-6-18-17(12-21)16(7-9-23-18)19(22)20-10-14-3-4-14/h2,5,14,16-18H,3-4,6-12H2,1H3,(H,20,22)/t16-,17+,18-/m1/s1. The van der Waals surface area contributed by atoms with Crippen molar-refractivity contribution in [1.29, 1.82) is 0 Å². The second-order valence-corrected chi connectivity index (χ2v) is 9.07. The Morgan fingerprint density at radius 1 is 1.33 bits per heavy atom. The van der Waals surface area contributed by atoms with Gasteiger partial charge < -0.3 is 10.1 Å². The lowest BCUT2D eigenvalue weighted by Crippen LogP contribution is -2.53. The Bertz CT molecular complexity index is 584. The number of amides is 1. The fourth-order valence-electron chi connectivity index (χ4n) is 4.14. The van der Waals surface area contributed by atoms with Crippen LogP contribution in [0.2, 0.25) is 0 Å². The summed E-state index contributed by atoms with van der Waals surface area (Å²) in [5.74, 6) is 1.51. The average Bonchev–Trinajstić information content (AvgIpc) is 3.33. The van der Waals surface area contributed by atoms with Crippen molar-refractivity contribution < 1.29 is 9.53 Å². The van der Waals surface area contributed by atoms with Crippen LogP contribution in [-0.2, 0) is 16.1 Å². The average molecular weight is 349 g/mol. The van der Waals surface area contributed by atoms with Crippen molar-refractivity contribution >= 4 is 17.2 Å². The molecule has 3 atom stereocenters. The maximum atomic E-state index is 12.7. The summed E-state index contributed by atoms with van der Waals surface area (Å²) in [6, 6.07) is 4.44. The molecular formula is C19H28N2O2S. The lowest BCUT2D eigenvalue weighted by atomic mass is 9.79. The van der Waals surface area contributed by atoms with Gasteiger partial charge >= 0.3 is 0 Å². The van der Waals surface area contributed by atoms with Gasteiger partial charge in [0.2, 0.25) is 5.91 Å². The number of hydrogen-bond donors (Lipinski definition) is 1. The first-order chi connectivity index (χ1) is 11.7. The third kappa shape index (κ3) is 3.84. The molecule has 4 rings (SSSR count). The van der Waals surface area contributed by atoms with Gasteiger partial charge in [0.1, 0.15) is 0 Å². The van der Waals surface area contributed by atoms with Crippen molar-refractivity contribution in [2.45, 2.75) is 45.3 Å². The topological polar surface area (TPSA) is 41.6 Å². The number of rotatable bonds is 5. The molecule has 3 aliphatic rings. The van der Waals surface area contributed by atoms with Crippen molar-refractivity contribution in [1.82, 2.24) is 10.2 Å². The molecule has 3 fully saturated rings. The first-order valence-corrected chi connectivity index (χ1v) is 10.2. The summed E-state index contributed by atoms with van der Waals surface area (Å²) in [5.41, 5.74) is 0. The van der Waals surface area contributed by atoms with Crippen LogP contribution in [0.25, 0.3) is 0 Å². The highest BCUT2D eigenvalue weighted by atomic mass is 32.1. The minimum Gasteiger partial charge on any atom is -0.378 e. The normalized spacial score (nSPS) is 30.8. The van der Waals surface area contributed by atoms with E-state index in [0.29, 0.717) is 5.92 Å². The Labute approximate surface area is 148 Å². The van der Waals surface area contributed by atoms with E-state index >= 15 is 0 Å². The third-order valence-corrected chi connectivity index (χ3v) is 6.71. The Balaban J connectivity index is 1.37. The quantitative estimate of drug-likeness (QED) is 0.890. The van der Waals surface area contributed by atoms with Gasteiger partial charge in [0, 0.05) is 54.4 Å². The fourth-order valence-corrected chi connectivity index (χ4v) is 5.08. The predicted molar refractivity (Wildman–Crippen MR) is 96.0 cm³/mol. The summed E-state index contributed by atoms with van der Waals surface area (Å²) in [4.78, 5) is 18.0. The summed E-state index contributed by atoms with van der Waals surface area (Å²) in [7, 11) is 0. The molecule has 1 saturated carbocycles. The lowest BCUT2D eigenvalue weighted by Gasteiger charge is -2.44. The molecule has 132 valence electrons. The van der Waals surface area contributed by atoms with Gasteiger partial charge in [0.05, 0.1) is 6.10 Å². The van der Waals surface area contributed by atoms with Crippen molar-refractivity contribution in [3.63, 3.8) is 0 Å². The van der Waals surface area contributed by atoms with Gasteiger partial charge in [-0.3, -0.25) is 9.69 Å². The predicted octanol–water partition coefficient (Wildman–Crippen LogP) is 2.81. The molecular weight excluding hydrogens is 320 g/mol. The second kappa shape index (κ2) is 7.14. The molecule has 1 N–H and O–H groups in total. The van der Waals surface area contributed by atoms with E-state index in [1.807, 2.05) is 11.3 Å². The molecule has 4 nitrogen and oxygen atoms in total. The van der Waals surface area contributed by atoms with Gasteiger partial charge in [-0.05, 0) is 50.7 Å². The SMILES string of the molecule is Cc1ccc(CN2CC[C@H]3OCC[C@@H](C(=O)NCC4CC4)[C@@H]3C2)s1. The summed E-state index contributed by atoms with van der Waals surface area (Å²) < 4.78 is 6.00. The number of carbonyl (C=O) groups is 1. The molecule has 5 heteroatoms. The third-order valence-electron chi connectivity index (χ3n) is 5.73. The van der Waals surface area contributed by atoms with Crippen LogP contribution in [0.1, 0.15) is 35.4 Å². The maximum Gasteiger partial charge on any atom is 0.223 e. The highest BCUT2D eigenvalue weighted by Crippen LogP contribution is 2.35. The zero-order valence-electron chi connectivity index (χ0n) is 14.5. The Hall–Kier alpha value is -0.910. The number of likely N-dealkylation sites (tertiary alicyclic amines) is 1. The lowest BCUT2D eigenvalue weighted by molar-refractivity contribution is -0.142. The smallest absolute Gasteiger partial charge is 0.223 e. The molecule has 2 saturated heterocycles. The molecule has 24 heavy (non-hydrogen) atoms. The molecule has 2 aliphatic heterocycles. The van der Waals surface area contributed by atoms with E-state index in [1.54, 1.807) is 0 Å². The number of thiophene rings is 1. The Morgan fingerprint density at radius 2 is 2.21 bits per heavy atom. The molecule has 0 radical (unpaired) electrons. The highest BCUT2D eigenvalue weighted by Gasteiger charge is 2.41. The number of nitrogens with one attached hydrogen (secondary N) is 1. The summed E-state index contributed by atoms with van der Waals surface area (Å²) in [5, 5.41) is 3.20. The van der Waals surface area contributed by atoms with Gasteiger partial charge in [-0.1, -0.05) is 0 Å². The monoisotopic (exact) mass is 348 g/mol. The van der Waals surface area contributed by atoms with Crippen LogP contribution >= 0.6 is 11.3 Å². The van der Waals surface area contributed by atoms with Gasteiger partial charge in [-0.25, -0.2) is 0 Å². The Kier molecular flexibility index (Phi) is 4.93. The van der Waals surface area contributed by atoms with Crippen molar-refractivity contribution in [2.75, 3.05) is 26.2 Å². The molecule has 0 spiro atoms. The molecule has 1 aromatic rings. The van der Waals surface area contributed by atoms with Crippen LogP contribution in [0.4, 0.5) is 0 Å². The van der Waals surface area contributed by atoms with Crippen LogP contribution < -0.4 is 5.32 Å². The molecule has 0 aromatic carbocycles. The van der Waals surface area contributed by atoms with E-state index in [4.69, 9.17) is 4.74 Å². The zero-order valence-corrected chi connectivity index (χ0v) is 15.3. The van der Waals surface area contributed by atoms with E-state index in [9.17, 15) is 4.79 Å². The van der Waals surface area contributed by atoms with Crippen LogP contribution in [-0.4, -0.2) is 43.2 Å². The number of nitrogens with zero attached hydrogens (tertiary/aromatic N) is 1. The summed E-state index contributed by atoms with van der Waals surface area (Å²) in [6.45, 7) is 6.87. The molecule has 0 bridgehead atoms. The molecule has 0 unspecified atom stereocenters. The largest absolute Gasteiger partial charge is 0.378 e. The molecule has 1 aromatic heterocycles. The zero-order chi connectivity index (χ0) is 16.5. The van der Waals surface area contributed by atoms with Gasteiger partial charge in [-0.15, -0.1) is 11.3 Å². The van der Waals surface area contributed by atoms with Crippen molar-refractivity contribution in [3.8, 4) is 0 Å². The van der Waals surface area contributed by atoms with Crippen LogP contribution in [0, 0.1) is 24.7 Å². The number of aryl methyl sites for hydroxylation is 1.